The predicted molar refractivity (Wildman–Crippen MR) is 115 cm³/mol. The molecule has 1 heterocycles. The van der Waals surface area contributed by atoms with Crippen LogP contribution in [0.4, 0.5) is 0 Å². The van der Waals surface area contributed by atoms with Gasteiger partial charge in [-0.1, -0.05) is 48.5 Å². The zero-order valence-corrected chi connectivity index (χ0v) is 17.9. The number of carbonyl (C=O) groups is 2. The molecule has 2 fully saturated rings. The summed E-state index contributed by atoms with van der Waals surface area (Å²) in [4.78, 5) is 24.9. The smallest absolute Gasteiger partial charge is 0.302 e. The molecule has 2 aromatic rings. The highest BCUT2D eigenvalue weighted by Gasteiger charge is 2.50. The van der Waals surface area contributed by atoms with Crippen LogP contribution < -0.4 is 5.32 Å². The first-order chi connectivity index (χ1) is 15.1. The third-order valence-electron chi connectivity index (χ3n) is 6.35. The van der Waals surface area contributed by atoms with Crippen LogP contribution in [0.25, 0.3) is 0 Å². The highest BCUT2D eigenvalue weighted by atomic mass is 16.7. The Labute approximate surface area is 182 Å². The summed E-state index contributed by atoms with van der Waals surface area (Å²) in [6.07, 6.45) is 1.36. The van der Waals surface area contributed by atoms with Gasteiger partial charge in [0.15, 0.2) is 6.29 Å². The molecule has 0 radical (unpaired) electrons. The number of rotatable bonds is 5. The van der Waals surface area contributed by atoms with Crippen molar-refractivity contribution >= 4 is 11.9 Å². The fourth-order valence-corrected chi connectivity index (χ4v) is 4.93. The molecule has 6 atom stereocenters. The van der Waals surface area contributed by atoms with Gasteiger partial charge in [-0.15, -0.1) is 0 Å². The van der Waals surface area contributed by atoms with E-state index < -0.39 is 18.4 Å². The number of amides is 1. The first-order valence-electron chi connectivity index (χ1n) is 10.8. The molecule has 6 nitrogen and oxygen atoms in total. The summed E-state index contributed by atoms with van der Waals surface area (Å²) >= 11 is 0. The van der Waals surface area contributed by atoms with E-state index in [4.69, 9.17) is 14.2 Å². The lowest BCUT2D eigenvalue weighted by atomic mass is 9.71. The molecule has 1 N–H and O–H groups in total. The lowest BCUT2D eigenvalue weighted by Gasteiger charge is -2.49. The number of esters is 1. The van der Waals surface area contributed by atoms with Crippen molar-refractivity contribution in [1.29, 1.82) is 0 Å². The standard InChI is InChI=1S/C25H29NO5/c1-16(27)30-23-20-15-19(17-9-5-3-6-10-17)13-14-21(20)31-25(29-2)22(23)26-24(28)18-11-7-4-8-12-18/h3-12,19-23,25H,13-15H2,1-2H3,(H,26,28)/t19-,20-,21+,22-,23+,25+/m1/s1. The van der Waals surface area contributed by atoms with Crippen LogP contribution >= 0.6 is 0 Å². The number of nitrogens with one attached hydrogen (secondary N) is 1. The molecule has 164 valence electrons. The Balaban J connectivity index is 1.60. The van der Waals surface area contributed by atoms with Gasteiger partial charge < -0.3 is 19.5 Å². The molecule has 0 aromatic heterocycles. The van der Waals surface area contributed by atoms with Crippen molar-refractivity contribution < 1.29 is 23.8 Å². The van der Waals surface area contributed by atoms with Gasteiger partial charge in [0.05, 0.1) is 6.10 Å². The lowest BCUT2D eigenvalue weighted by molar-refractivity contribution is -0.253. The first-order valence-corrected chi connectivity index (χ1v) is 10.8. The predicted octanol–water partition coefficient (Wildman–Crippen LogP) is 3.67. The zero-order valence-electron chi connectivity index (χ0n) is 17.9. The Morgan fingerprint density at radius 2 is 1.68 bits per heavy atom. The SMILES string of the molecule is CO[C@H]1O[C@H]2CC[C@@H](c3ccccc3)C[C@H]2[C@H](OC(C)=O)[C@H]1NC(=O)c1ccccc1. The Bertz CT molecular complexity index is 887. The molecule has 2 aliphatic rings. The van der Waals surface area contributed by atoms with E-state index in [2.05, 4.69) is 17.4 Å². The summed E-state index contributed by atoms with van der Waals surface area (Å²) in [6, 6.07) is 18.8. The van der Waals surface area contributed by atoms with E-state index in [9.17, 15) is 9.59 Å². The Morgan fingerprint density at radius 3 is 2.32 bits per heavy atom. The van der Waals surface area contributed by atoms with Crippen molar-refractivity contribution in [2.24, 2.45) is 5.92 Å². The van der Waals surface area contributed by atoms with Crippen molar-refractivity contribution in [3.05, 3.63) is 71.8 Å². The molecular weight excluding hydrogens is 394 g/mol. The summed E-state index contributed by atoms with van der Waals surface area (Å²) in [5, 5.41) is 3.01. The van der Waals surface area contributed by atoms with E-state index in [1.54, 1.807) is 19.2 Å². The van der Waals surface area contributed by atoms with E-state index in [0.717, 1.165) is 19.3 Å². The van der Waals surface area contributed by atoms with Crippen LogP contribution in [-0.4, -0.2) is 43.5 Å². The molecule has 1 amide bonds. The summed E-state index contributed by atoms with van der Waals surface area (Å²) < 4.78 is 17.7. The minimum absolute atomic E-state index is 0.0321. The maximum atomic E-state index is 12.9. The molecule has 31 heavy (non-hydrogen) atoms. The van der Waals surface area contributed by atoms with Crippen LogP contribution in [0.5, 0.6) is 0 Å². The molecule has 2 aromatic carbocycles. The second-order valence-corrected chi connectivity index (χ2v) is 8.30. The Hall–Kier alpha value is -2.70. The monoisotopic (exact) mass is 423 g/mol. The van der Waals surface area contributed by atoms with Gasteiger partial charge in [0, 0.05) is 25.5 Å². The maximum Gasteiger partial charge on any atom is 0.302 e. The number of methoxy groups -OCH3 is 1. The van der Waals surface area contributed by atoms with Gasteiger partial charge in [0.25, 0.3) is 5.91 Å². The van der Waals surface area contributed by atoms with Crippen LogP contribution in [0, 0.1) is 5.92 Å². The largest absolute Gasteiger partial charge is 0.460 e. The summed E-state index contributed by atoms with van der Waals surface area (Å²) in [5.74, 6) is -0.299. The first kappa shape index (κ1) is 21.5. The minimum atomic E-state index is -0.688. The molecule has 6 heteroatoms. The van der Waals surface area contributed by atoms with Gasteiger partial charge in [0.2, 0.25) is 0 Å². The van der Waals surface area contributed by atoms with Crippen molar-refractivity contribution in [1.82, 2.24) is 5.32 Å². The second-order valence-electron chi connectivity index (χ2n) is 8.30. The zero-order chi connectivity index (χ0) is 21.8. The van der Waals surface area contributed by atoms with Gasteiger partial charge in [0.1, 0.15) is 12.1 Å². The van der Waals surface area contributed by atoms with Gasteiger partial charge in [-0.05, 0) is 42.9 Å². The number of carbonyl (C=O) groups excluding carboxylic acids is 2. The fraction of sp³-hybridized carbons (Fsp3) is 0.440. The lowest BCUT2D eigenvalue weighted by Crippen LogP contribution is -2.63. The average Bonchev–Trinajstić information content (AvgIpc) is 2.80. The highest BCUT2D eigenvalue weighted by Crippen LogP contribution is 2.44. The number of benzene rings is 2. The van der Waals surface area contributed by atoms with Crippen LogP contribution in [0.1, 0.15) is 48.0 Å². The Kier molecular flexibility index (Phi) is 6.68. The number of hydrogen-bond donors (Lipinski definition) is 1. The van der Waals surface area contributed by atoms with Crippen molar-refractivity contribution in [2.45, 2.75) is 56.6 Å². The number of ether oxygens (including phenoxy) is 3. The van der Waals surface area contributed by atoms with E-state index in [1.807, 2.05) is 36.4 Å². The molecule has 1 saturated heterocycles. The summed E-state index contributed by atoms with van der Waals surface area (Å²) in [5.41, 5.74) is 1.81. The summed E-state index contributed by atoms with van der Waals surface area (Å²) in [7, 11) is 1.55. The number of fused-ring (bicyclic) bond motifs is 1. The van der Waals surface area contributed by atoms with Gasteiger partial charge in [-0.25, -0.2) is 0 Å². The van der Waals surface area contributed by atoms with Crippen LogP contribution in [-0.2, 0) is 19.0 Å². The molecule has 1 aliphatic carbocycles. The van der Waals surface area contributed by atoms with E-state index in [-0.39, 0.29) is 23.9 Å². The fourth-order valence-electron chi connectivity index (χ4n) is 4.93. The second kappa shape index (κ2) is 9.62. The average molecular weight is 424 g/mol. The van der Waals surface area contributed by atoms with Crippen LogP contribution in [0.2, 0.25) is 0 Å². The molecule has 1 aliphatic heterocycles. The summed E-state index contributed by atoms with van der Waals surface area (Å²) in [6.45, 7) is 1.40. The van der Waals surface area contributed by atoms with Crippen LogP contribution in [0.15, 0.2) is 60.7 Å². The normalized spacial score (nSPS) is 30.1. The Morgan fingerprint density at radius 1 is 1.00 bits per heavy atom. The topological polar surface area (TPSA) is 73.9 Å². The number of hydrogen-bond acceptors (Lipinski definition) is 5. The van der Waals surface area contributed by atoms with Crippen LogP contribution in [0.3, 0.4) is 0 Å². The minimum Gasteiger partial charge on any atom is -0.460 e. The third kappa shape index (κ3) is 4.81. The quantitative estimate of drug-likeness (QED) is 0.743. The molecule has 0 unspecified atom stereocenters. The molecule has 0 bridgehead atoms. The van der Waals surface area contributed by atoms with E-state index in [1.165, 1.54) is 12.5 Å². The molecule has 4 rings (SSSR count). The highest BCUT2D eigenvalue weighted by molar-refractivity contribution is 5.94. The van der Waals surface area contributed by atoms with Crippen molar-refractivity contribution in [3.8, 4) is 0 Å². The van der Waals surface area contributed by atoms with Crippen molar-refractivity contribution in [2.75, 3.05) is 7.11 Å². The third-order valence-corrected chi connectivity index (χ3v) is 6.35. The van der Waals surface area contributed by atoms with Gasteiger partial charge in [-0.2, -0.15) is 0 Å². The van der Waals surface area contributed by atoms with Crippen molar-refractivity contribution in [3.63, 3.8) is 0 Å². The maximum absolute atomic E-state index is 12.9. The van der Waals surface area contributed by atoms with Gasteiger partial charge >= 0.3 is 5.97 Å². The van der Waals surface area contributed by atoms with E-state index in [0.29, 0.717) is 11.5 Å². The molecule has 0 spiro atoms. The molecule has 1 saturated carbocycles. The van der Waals surface area contributed by atoms with E-state index >= 15 is 0 Å². The molecular formula is C25H29NO5. The van der Waals surface area contributed by atoms with Gasteiger partial charge in [-0.3, -0.25) is 9.59 Å².